The summed E-state index contributed by atoms with van der Waals surface area (Å²) in [6, 6.07) is 51.4. The van der Waals surface area contributed by atoms with E-state index in [0.29, 0.717) is 0 Å². The Morgan fingerprint density at radius 3 is 1.58 bits per heavy atom. The molecule has 0 spiro atoms. The van der Waals surface area contributed by atoms with Gasteiger partial charge >= 0.3 is 0 Å². The molecular formula is C47H37N5. The fourth-order valence-electron chi connectivity index (χ4n) is 7.42. The molecule has 0 saturated carbocycles. The standard InChI is InChI=1S/C47H37N5/c1-47(2)30-35(29-38(31-47)39(32-48)33-49)12-11-34-13-15-42(16-14-34)52(43-21-17-40(18-22-43)50-27-25-36-7-3-5-9-45(36)50)44-23-19-41(20-24-44)51-28-26-37-8-4-6-10-46(37)51/h3-29H,30-31H2,1-2H3/b12-11+. The summed E-state index contributed by atoms with van der Waals surface area (Å²) in [5.74, 6) is 0. The Morgan fingerprint density at radius 1 is 0.596 bits per heavy atom. The number of rotatable bonds is 7. The van der Waals surface area contributed by atoms with Crippen molar-refractivity contribution >= 4 is 44.9 Å². The molecule has 5 nitrogen and oxygen atoms in total. The van der Waals surface area contributed by atoms with Gasteiger partial charge in [0.1, 0.15) is 17.7 Å². The van der Waals surface area contributed by atoms with Crippen molar-refractivity contribution in [2.24, 2.45) is 5.41 Å². The first-order valence-electron chi connectivity index (χ1n) is 17.5. The van der Waals surface area contributed by atoms with Crippen molar-refractivity contribution in [2.75, 3.05) is 4.90 Å². The number of allylic oxidation sites excluding steroid dienone is 5. The molecule has 1 aliphatic rings. The number of benzene rings is 5. The molecule has 250 valence electrons. The van der Waals surface area contributed by atoms with E-state index < -0.39 is 0 Å². The predicted octanol–water partition coefficient (Wildman–Crippen LogP) is 12.1. The molecule has 0 fully saturated rings. The van der Waals surface area contributed by atoms with E-state index in [2.05, 4.69) is 198 Å². The first-order chi connectivity index (χ1) is 25.4. The van der Waals surface area contributed by atoms with Gasteiger partial charge in [-0.1, -0.05) is 80.6 Å². The maximum atomic E-state index is 9.48. The highest BCUT2D eigenvalue weighted by Gasteiger charge is 2.26. The second-order valence-electron chi connectivity index (χ2n) is 14.1. The van der Waals surface area contributed by atoms with Crippen molar-refractivity contribution in [1.29, 1.82) is 10.5 Å². The van der Waals surface area contributed by atoms with Crippen LogP contribution in [0.3, 0.4) is 0 Å². The zero-order valence-electron chi connectivity index (χ0n) is 29.2. The number of nitrogens with zero attached hydrogens (tertiary/aromatic N) is 5. The quantitative estimate of drug-likeness (QED) is 0.158. The van der Waals surface area contributed by atoms with Crippen LogP contribution >= 0.6 is 0 Å². The van der Waals surface area contributed by atoms with Gasteiger partial charge < -0.3 is 14.0 Å². The van der Waals surface area contributed by atoms with Crippen LogP contribution in [0, 0.1) is 28.1 Å². The van der Waals surface area contributed by atoms with Crippen LogP contribution in [0.2, 0.25) is 0 Å². The molecule has 0 amide bonds. The van der Waals surface area contributed by atoms with Crippen LogP contribution in [0.1, 0.15) is 32.3 Å². The van der Waals surface area contributed by atoms with E-state index in [9.17, 15) is 10.5 Å². The normalized spacial score (nSPS) is 13.9. The lowest BCUT2D eigenvalue weighted by Gasteiger charge is -2.30. The van der Waals surface area contributed by atoms with Crippen LogP contribution < -0.4 is 4.90 Å². The largest absolute Gasteiger partial charge is 0.317 e. The first kappa shape index (κ1) is 32.4. The molecule has 0 bridgehead atoms. The molecule has 0 atom stereocenters. The molecule has 0 saturated heterocycles. The van der Waals surface area contributed by atoms with E-state index >= 15 is 0 Å². The minimum Gasteiger partial charge on any atom is -0.317 e. The van der Waals surface area contributed by atoms with Crippen molar-refractivity contribution in [3.8, 4) is 23.5 Å². The number of anilines is 3. The molecule has 2 aromatic heterocycles. The maximum absolute atomic E-state index is 9.48. The molecule has 1 aliphatic carbocycles. The third kappa shape index (κ3) is 6.33. The maximum Gasteiger partial charge on any atom is 0.132 e. The van der Waals surface area contributed by atoms with Gasteiger partial charge in [-0.3, -0.25) is 0 Å². The fourth-order valence-corrected chi connectivity index (χ4v) is 7.42. The van der Waals surface area contributed by atoms with Crippen LogP contribution in [0.15, 0.2) is 175 Å². The second-order valence-corrected chi connectivity index (χ2v) is 14.1. The Balaban J connectivity index is 1.13. The lowest BCUT2D eigenvalue weighted by Crippen LogP contribution is -2.17. The van der Waals surface area contributed by atoms with E-state index in [4.69, 9.17) is 0 Å². The Labute approximate surface area is 304 Å². The lowest BCUT2D eigenvalue weighted by atomic mass is 9.74. The Hall–Kier alpha value is -6.82. The average Bonchev–Trinajstić information content (AvgIpc) is 3.80. The van der Waals surface area contributed by atoms with Crippen molar-refractivity contribution < 1.29 is 0 Å². The van der Waals surface area contributed by atoms with Crippen LogP contribution in [-0.2, 0) is 0 Å². The van der Waals surface area contributed by atoms with Gasteiger partial charge in [-0.25, -0.2) is 0 Å². The average molecular weight is 672 g/mol. The lowest BCUT2D eigenvalue weighted by molar-refractivity contribution is 0.354. The number of hydrogen-bond donors (Lipinski definition) is 0. The highest BCUT2D eigenvalue weighted by molar-refractivity contribution is 5.84. The Kier molecular flexibility index (Phi) is 8.39. The fraction of sp³-hybridized carbons (Fsp3) is 0.106. The summed E-state index contributed by atoms with van der Waals surface area (Å²) in [4.78, 5) is 2.29. The smallest absolute Gasteiger partial charge is 0.132 e. The molecule has 0 aliphatic heterocycles. The summed E-state index contributed by atoms with van der Waals surface area (Å²) in [6.45, 7) is 4.37. The van der Waals surface area contributed by atoms with E-state index in [1.807, 2.05) is 6.08 Å². The molecule has 0 unspecified atom stereocenters. The molecule has 0 radical (unpaired) electrons. The minimum atomic E-state index is -0.0267. The number of hydrogen-bond acceptors (Lipinski definition) is 3. The monoisotopic (exact) mass is 671 g/mol. The molecule has 8 rings (SSSR count). The van der Waals surface area contributed by atoms with Crippen molar-refractivity contribution in [1.82, 2.24) is 9.13 Å². The number of aromatic nitrogens is 2. The molecule has 7 aromatic rings. The zero-order chi connectivity index (χ0) is 35.7. The number of fused-ring (bicyclic) bond motifs is 2. The third-order valence-corrected chi connectivity index (χ3v) is 9.87. The van der Waals surface area contributed by atoms with E-state index in [-0.39, 0.29) is 11.0 Å². The summed E-state index contributed by atoms with van der Waals surface area (Å²) >= 11 is 0. The van der Waals surface area contributed by atoms with Gasteiger partial charge in [0.15, 0.2) is 0 Å². The Bertz CT molecular complexity index is 2460. The van der Waals surface area contributed by atoms with Crippen molar-refractivity contribution in [3.05, 3.63) is 180 Å². The minimum absolute atomic E-state index is 0.0267. The SMILES string of the molecule is CC1(C)CC(/C=C/c2ccc(N(c3ccc(-n4ccc5ccccc54)cc3)c3ccc(-n4ccc5ccccc54)cc3)cc2)=CC(=C(C#N)C#N)C1. The first-order valence-corrected chi connectivity index (χ1v) is 17.5. The summed E-state index contributed by atoms with van der Waals surface area (Å²) < 4.78 is 4.45. The predicted molar refractivity (Wildman–Crippen MR) is 213 cm³/mol. The van der Waals surface area contributed by atoms with Crippen molar-refractivity contribution in [3.63, 3.8) is 0 Å². The number of nitriles is 2. The Morgan fingerprint density at radius 2 is 1.08 bits per heavy atom. The van der Waals surface area contributed by atoms with E-state index in [0.717, 1.165) is 58.0 Å². The van der Waals surface area contributed by atoms with E-state index in [1.165, 1.54) is 21.8 Å². The van der Waals surface area contributed by atoms with Gasteiger partial charge in [-0.05, 0) is 131 Å². The zero-order valence-corrected chi connectivity index (χ0v) is 29.2. The summed E-state index contributed by atoms with van der Waals surface area (Å²) in [5, 5.41) is 21.4. The highest BCUT2D eigenvalue weighted by atomic mass is 15.1. The second kappa shape index (κ2) is 13.5. The van der Waals surface area contributed by atoms with Gasteiger partial charge in [-0.15, -0.1) is 0 Å². The van der Waals surface area contributed by atoms with Crippen LogP contribution in [0.4, 0.5) is 17.1 Å². The van der Waals surface area contributed by atoms with Crippen LogP contribution in [0.5, 0.6) is 0 Å². The summed E-state index contributed by atoms with van der Waals surface area (Å²) in [5.41, 5.74) is 10.9. The van der Waals surface area contributed by atoms with Crippen LogP contribution in [0.25, 0.3) is 39.3 Å². The molecule has 2 heterocycles. The van der Waals surface area contributed by atoms with Gasteiger partial charge in [0.2, 0.25) is 0 Å². The van der Waals surface area contributed by atoms with Gasteiger partial charge in [0.25, 0.3) is 0 Å². The summed E-state index contributed by atoms with van der Waals surface area (Å²) in [6.07, 6.45) is 12.1. The molecular weight excluding hydrogens is 635 g/mol. The molecule has 52 heavy (non-hydrogen) atoms. The van der Waals surface area contributed by atoms with Gasteiger partial charge in [-0.2, -0.15) is 10.5 Å². The van der Waals surface area contributed by atoms with Crippen molar-refractivity contribution in [2.45, 2.75) is 26.7 Å². The molecule has 5 aromatic carbocycles. The van der Waals surface area contributed by atoms with Gasteiger partial charge in [0, 0.05) is 40.8 Å². The topological polar surface area (TPSA) is 60.7 Å². The summed E-state index contributed by atoms with van der Waals surface area (Å²) in [7, 11) is 0. The molecule has 5 heteroatoms. The highest BCUT2D eigenvalue weighted by Crippen LogP contribution is 2.40. The van der Waals surface area contributed by atoms with Crippen LogP contribution in [-0.4, -0.2) is 9.13 Å². The van der Waals surface area contributed by atoms with E-state index in [1.54, 1.807) is 0 Å². The number of para-hydroxylation sites is 2. The third-order valence-electron chi connectivity index (χ3n) is 9.87. The molecule has 0 N–H and O–H groups in total. The van der Waals surface area contributed by atoms with Gasteiger partial charge in [0.05, 0.1) is 11.0 Å².